The number of benzene rings is 2. The van der Waals surface area contributed by atoms with Crippen molar-refractivity contribution in [3.63, 3.8) is 0 Å². The van der Waals surface area contributed by atoms with Gasteiger partial charge in [0, 0.05) is 6.20 Å². The molecule has 0 aliphatic carbocycles. The van der Waals surface area contributed by atoms with E-state index in [2.05, 4.69) is 15.5 Å². The minimum absolute atomic E-state index is 0.198. The molecule has 0 aliphatic rings. The third kappa shape index (κ3) is 5.71. The normalized spacial score (nSPS) is 11.4. The van der Waals surface area contributed by atoms with Crippen LogP contribution in [0.25, 0.3) is 0 Å². The lowest BCUT2D eigenvalue weighted by Gasteiger charge is -2.11. The average Bonchev–Trinajstić information content (AvgIpc) is 2.73. The van der Waals surface area contributed by atoms with Crippen LogP contribution in [0.3, 0.4) is 0 Å². The fraction of sp³-hybridized carbons (Fsp3) is 0.143. The van der Waals surface area contributed by atoms with Gasteiger partial charge in [-0.25, -0.2) is 4.98 Å². The zero-order chi connectivity index (χ0) is 20.7. The van der Waals surface area contributed by atoms with Gasteiger partial charge in [0.2, 0.25) is 0 Å². The molecule has 3 rings (SSSR count). The summed E-state index contributed by atoms with van der Waals surface area (Å²) in [6.45, 7) is 0.409. The van der Waals surface area contributed by atoms with Crippen molar-refractivity contribution in [2.75, 3.05) is 12.5 Å². The molecule has 3 aromatic rings. The molecule has 0 bridgehead atoms. The summed E-state index contributed by atoms with van der Waals surface area (Å²) in [6.07, 6.45) is -2.17. The van der Waals surface area contributed by atoms with Crippen molar-refractivity contribution in [1.29, 1.82) is 0 Å². The molecule has 0 saturated heterocycles. The molecule has 5 nitrogen and oxygen atoms in total. The first-order valence-corrected chi connectivity index (χ1v) is 8.63. The van der Waals surface area contributed by atoms with Gasteiger partial charge in [0.15, 0.2) is 11.5 Å². The molecule has 1 heterocycles. The van der Waals surface area contributed by atoms with Crippen molar-refractivity contribution >= 4 is 12.0 Å². The van der Waals surface area contributed by atoms with Gasteiger partial charge in [0.1, 0.15) is 12.4 Å². The number of ether oxygens (including phenoxy) is 2. The first kappa shape index (κ1) is 20.2. The van der Waals surface area contributed by atoms with Crippen LogP contribution in [0.4, 0.5) is 19.0 Å². The summed E-state index contributed by atoms with van der Waals surface area (Å²) in [5.74, 6) is 1.33. The second-order valence-electron chi connectivity index (χ2n) is 5.98. The molecular weight excluding hydrogens is 383 g/mol. The van der Waals surface area contributed by atoms with Gasteiger partial charge in [-0.3, -0.25) is 5.43 Å². The Morgan fingerprint density at radius 3 is 2.48 bits per heavy atom. The van der Waals surface area contributed by atoms with Crippen molar-refractivity contribution in [2.45, 2.75) is 12.8 Å². The van der Waals surface area contributed by atoms with E-state index in [1.807, 2.05) is 30.3 Å². The summed E-state index contributed by atoms with van der Waals surface area (Å²) in [5, 5.41) is 3.99. The van der Waals surface area contributed by atoms with Crippen LogP contribution in [0.15, 0.2) is 72.0 Å². The lowest BCUT2D eigenvalue weighted by Crippen LogP contribution is -2.05. The second kappa shape index (κ2) is 9.09. The molecule has 1 N–H and O–H groups in total. The zero-order valence-electron chi connectivity index (χ0n) is 15.5. The van der Waals surface area contributed by atoms with E-state index in [9.17, 15) is 13.2 Å². The molecule has 0 spiro atoms. The largest absolute Gasteiger partial charge is 0.493 e. The summed E-state index contributed by atoms with van der Waals surface area (Å²) >= 11 is 0. The van der Waals surface area contributed by atoms with Crippen LogP contribution in [0.5, 0.6) is 11.5 Å². The van der Waals surface area contributed by atoms with E-state index >= 15 is 0 Å². The number of pyridine rings is 1. The number of nitrogens with one attached hydrogen (secondary N) is 1. The van der Waals surface area contributed by atoms with Crippen LogP contribution in [-0.2, 0) is 12.8 Å². The van der Waals surface area contributed by atoms with Gasteiger partial charge in [-0.1, -0.05) is 30.3 Å². The van der Waals surface area contributed by atoms with E-state index in [0.717, 1.165) is 17.8 Å². The standard InChI is InChI=1S/C21H18F3N3O2/c1-28-19-11-16(7-9-18(19)29-14-15-5-3-2-4-6-15)12-26-27-20-10-8-17(13-25-20)21(22,23)24/h2-13H,14H2,1H3,(H,25,27)/b26-12-. The maximum absolute atomic E-state index is 12.5. The monoisotopic (exact) mass is 401 g/mol. The van der Waals surface area contributed by atoms with Crippen molar-refractivity contribution in [1.82, 2.24) is 4.98 Å². The van der Waals surface area contributed by atoms with E-state index in [-0.39, 0.29) is 5.82 Å². The van der Waals surface area contributed by atoms with Gasteiger partial charge in [0.05, 0.1) is 18.9 Å². The molecule has 0 radical (unpaired) electrons. The van der Waals surface area contributed by atoms with Crippen LogP contribution in [0.2, 0.25) is 0 Å². The first-order valence-electron chi connectivity index (χ1n) is 8.63. The molecule has 0 unspecified atom stereocenters. The predicted octanol–water partition coefficient (Wildman–Crippen LogP) is 5.13. The number of anilines is 1. The Kier molecular flexibility index (Phi) is 6.33. The lowest BCUT2D eigenvalue weighted by atomic mass is 10.2. The molecule has 0 fully saturated rings. The molecule has 0 saturated carbocycles. The fourth-order valence-corrected chi connectivity index (χ4v) is 2.42. The summed E-state index contributed by atoms with van der Waals surface area (Å²) in [5.41, 5.74) is 3.52. The third-order valence-electron chi connectivity index (χ3n) is 3.91. The minimum Gasteiger partial charge on any atom is -0.493 e. The van der Waals surface area contributed by atoms with E-state index in [1.165, 1.54) is 19.4 Å². The van der Waals surface area contributed by atoms with E-state index in [4.69, 9.17) is 9.47 Å². The molecule has 0 atom stereocenters. The van der Waals surface area contributed by atoms with Gasteiger partial charge in [-0.05, 0) is 41.5 Å². The highest BCUT2D eigenvalue weighted by Gasteiger charge is 2.30. The number of rotatable bonds is 7. The second-order valence-corrected chi connectivity index (χ2v) is 5.98. The number of alkyl halides is 3. The molecule has 0 amide bonds. The van der Waals surface area contributed by atoms with Gasteiger partial charge in [-0.2, -0.15) is 18.3 Å². The first-order chi connectivity index (χ1) is 14.0. The van der Waals surface area contributed by atoms with Gasteiger partial charge in [-0.15, -0.1) is 0 Å². The maximum atomic E-state index is 12.5. The summed E-state index contributed by atoms with van der Waals surface area (Å²) < 4.78 is 48.8. The Balaban J connectivity index is 1.62. The van der Waals surface area contributed by atoms with Crippen LogP contribution in [0, 0.1) is 0 Å². The Labute approximate surface area is 165 Å². The Bertz CT molecular complexity index is 959. The van der Waals surface area contributed by atoms with Crippen molar-refractivity contribution in [2.24, 2.45) is 5.10 Å². The molecule has 150 valence electrons. The van der Waals surface area contributed by atoms with Gasteiger partial charge in [0.25, 0.3) is 0 Å². The van der Waals surface area contributed by atoms with Crippen LogP contribution >= 0.6 is 0 Å². The van der Waals surface area contributed by atoms with Gasteiger partial charge >= 0.3 is 6.18 Å². The molecular formula is C21H18F3N3O2. The molecule has 8 heteroatoms. The number of halogens is 3. The smallest absolute Gasteiger partial charge is 0.417 e. The number of hydrogen-bond donors (Lipinski definition) is 1. The summed E-state index contributed by atoms with van der Waals surface area (Å²) in [4.78, 5) is 3.69. The Morgan fingerprint density at radius 2 is 1.83 bits per heavy atom. The Hall–Kier alpha value is -3.55. The fourth-order valence-electron chi connectivity index (χ4n) is 2.42. The van der Waals surface area contributed by atoms with Crippen molar-refractivity contribution in [3.8, 4) is 11.5 Å². The van der Waals surface area contributed by atoms with E-state index in [0.29, 0.717) is 23.7 Å². The minimum atomic E-state index is -4.42. The number of methoxy groups -OCH3 is 1. The number of hydrazone groups is 1. The summed E-state index contributed by atoms with van der Waals surface area (Å²) in [6, 6.07) is 17.2. The molecule has 29 heavy (non-hydrogen) atoms. The highest BCUT2D eigenvalue weighted by Crippen LogP contribution is 2.29. The van der Waals surface area contributed by atoms with E-state index < -0.39 is 11.7 Å². The van der Waals surface area contributed by atoms with Gasteiger partial charge < -0.3 is 9.47 Å². The summed E-state index contributed by atoms with van der Waals surface area (Å²) in [7, 11) is 1.54. The van der Waals surface area contributed by atoms with Crippen LogP contribution in [-0.4, -0.2) is 18.3 Å². The van der Waals surface area contributed by atoms with Crippen LogP contribution in [0.1, 0.15) is 16.7 Å². The molecule has 2 aromatic carbocycles. The van der Waals surface area contributed by atoms with Crippen molar-refractivity contribution < 1.29 is 22.6 Å². The SMILES string of the molecule is COc1cc(/C=N\Nc2ccc(C(F)(F)F)cn2)ccc1OCc1ccccc1. The van der Waals surface area contributed by atoms with Crippen molar-refractivity contribution in [3.05, 3.63) is 83.6 Å². The molecule has 0 aliphatic heterocycles. The predicted molar refractivity (Wildman–Crippen MR) is 104 cm³/mol. The molecule has 1 aromatic heterocycles. The third-order valence-corrected chi connectivity index (χ3v) is 3.91. The average molecular weight is 401 g/mol. The highest BCUT2D eigenvalue weighted by molar-refractivity contribution is 5.81. The quantitative estimate of drug-likeness (QED) is 0.440. The highest BCUT2D eigenvalue weighted by atomic mass is 19.4. The maximum Gasteiger partial charge on any atom is 0.417 e. The van der Waals surface area contributed by atoms with Crippen LogP contribution < -0.4 is 14.9 Å². The topological polar surface area (TPSA) is 55.7 Å². The lowest BCUT2D eigenvalue weighted by molar-refractivity contribution is -0.137. The zero-order valence-corrected chi connectivity index (χ0v) is 15.5. The number of hydrogen-bond acceptors (Lipinski definition) is 5. The number of nitrogens with zero attached hydrogens (tertiary/aromatic N) is 2. The Morgan fingerprint density at radius 1 is 1.03 bits per heavy atom. The number of aromatic nitrogens is 1. The van der Waals surface area contributed by atoms with E-state index in [1.54, 1.807) is 18.2 Å².